The Balaban J connectivity index is 2.09. The van der Waals surface area contributed by atoms with Crippen molar-refractivity contribution >= 4 is 15.9 Å². The lowest BCUT2D eigenvalue weighted by Gasteiger charge is -2.22. The number of benzene rings is 2. The van der Waals surface area contributed by atoms with Crippen molar-refractivity contribution in [1.82, 2.24) is 9.62 Å². The minimum atomic E-state index is -3.56. The van der Waals surface area contributed by atoms with Crippen LogP contribution >= 0.6 is 0 Å². The molecule has 170 valence electrons. The molecule has 1 amide bonds. The van der Waals surface area contributed by atoms with Gasteiger partial charge in [0.15, 0.2) is 11.5 Å². The van der Waals surface area contributed by atoms with E-state index >= 15 is 0 Å². The fourth-order valence-electron chi connectivity index (χ4n) is 3.06. The molecule has 0 aliphatic heterocycles. The average Bonchev–Trinajstić information content (AvgIpc) is 2.70. The number of nitrogens with zero attached hydrogens (tertiary/aromatic N) is 1. The number of rotatable bonds is 11. The maximum absolute atomic E-state index is 12.6. The summed E-state index contributed by atoms with van der Waals surface area (Å²) in [4.78, 5) is 12.6. The molecule has 0 saturated heterocycles. The first-order valence-electron chi connectivity index (χ1n) is 10.3. The molecule has 0 fully saturated rings. The second-order valence-corrected chi connectivity index (χ2v) is 9.36. The van der Waals surface area contributed by atoms with Crippen LogP contribution in [0.2, 0.25) is 0 Å². The molecule has 0 radical (unpaired) electrons. The molecule has 0 heterocycles. The first kappa shape index (κ1) is 24.7. The first-order valence-corrected chi connectivity index (χ1v) is 12.2. The molecule has 7 nitrogen and oxygen atoms in total. The molecule has 0 aromatic heterocycles. The molecule has 2 aromatic carbocycles. The van der Waals surface area contributed by atoms with Crippen molar-refractivity contribution in [3.63, 3.8) is 0 Å². The Morgan fingerprint density at radius 2 is 1.65 bits per heavy atom. The fourth-order valence-corrected chi connectivity index (χ4v) is 3.79. The number of carbonyl (C=O) groups excluding carboxylic acids is 1. The number of hydrogen-bond donors (Lipinski definition) is 1. The molecule has 31 heavy (non-hydrogen) atoms. The van der Waals surface area contributed by atoms with E-state index in [-0.39, 0.29) is 25.0 Å². The second kappa shape index (κ2) is 11.2. The van der Waals surface area contributed by atoms with E-state index in [1.165, 1.54) is 4.31 Å². The summed E-state index contributed by atoms with van der Waals surface area (Å²) in [5, 5.41) is 2.87. The number of ether oxygens (including phenoxy) is 2. The summed E-state index contributed by atoms with van der Waals surface area (Å²) in [6.07, 6.45) is 1.11. The van der Waals surface area contributed by atoms with Gasteiger partial charge in [0.25, 0.3) is 0 Å². The highest BCUT2D eigenvalue weighted by molar-refractivity contribution is 7.88. The van der Waals surface area contributed by atoms with Crippen molar-refractivity contribution in [3.05, 3.63) is 59.2 Å². The van der Waals surface area contributed by atoms with Gasteiger partial charge >= 0.3 is 0 Å². The summed E-state index contributed by atoms with van der Waals surface area (Å²) < 4.78 is 36.8. The highest BCUT2D eigenvalue weighted by Gasteiger charge is 2.22. The van der Waals surface area contributed by atoms with E-state index in [2.05, 4.69) is 5.32 Å². The average molecular weight is 449 g/mol. The largest absolute Gasteiger partial charge is 0.490 e. The van der Waals surface area contributed by atoms with Gasteiger partial charge in [-0.15, -0.1) is 0 Å². The van der Waals surface area contributed by atoms with Gasteiger partial charge in [-0.2, -0.15) is 4.31 Å². The van der Waals surface area contributed by atoms with Crippen molar-refractivity contribution in [2.75, 3.05) is 26.0 Å². The van der Waals surface area contributed by atoms with Crippen LogP contribution in [0.3, 0.4) is 0 Å². The van der Waals surface area contributed by atoms with Gasteiger partial charge in [0.2, 0.25) is 15.9 Å². The molecule has 0 saturated carbocycles. The molecule has 2 rings (SSSR count). The predicted octanol–water partition coefficient (Wildman–Crippen LogP) is 3.43. The van der Waals surface area contributed by atoms with Gasteiger partial charge in [-0.25, -0.2) is 8.42 Å². The number of sulfonamides is 1. The summed E-state index contributed by atoms with van der Waals surface area (Å²) in [6.45, 7) is 8.49. The van der Waals surface area contributed by atoms with E-state index in [1.54, 1.807) is 0 Å². The van der Waals surface area contributed by atoms with Crippen LogP contribution in [-0.2, 0) is 21.4 Å². The number of carbonyl (C=O) groups is 1. The molecular weight excluding hydrogens is 416 g/mol. The van der Waals surface area contributed by atoms with Gasteiger partial charge in [-0.1, -0.05) is 35.9 Å². The van der Waals surface area contributed by atoms with Crippen LogP contribution in [0, 0.1) is 6.92 Å². The predicted molar refractivity (Wildman–Crippen MR) is 122 cm³/mol. The van der Waals surface area contributed by atoms with Gasteiger partial charge < -0.3 is 14.8 Å². The van der Waals surface area contributed by atoms with E-state index in [4.69, 9.17) is 9.47 Å². The quantitative estimate of drug-likeness (QED) is 0.569. The highest BCUT2D eigenvalue weighted by atomic mass is 32.2. The van der Waals surface area contributed by atoms with Crippen LogP contribution in [0.25, 0.3) is 0 Å². The summed E-state index contributed by atoms with van der Waals surface area (Å²) in [5.74, 6) is 0.880. The zero-order valence-corrected chi connectivity index (χ0v) is 19.7. The Labute approximate surface area is 185 Å². The lowest BCUT2D eigenvalue weighted by molar-refractivity contribution is -0.122. The molecule has 8 heteroatoms. The van der Waals surface area contributed by atoms with Crippen LogP contribution in [0.15, 0.2) is 42.5 Å². The zero-order chi connectivity index (χ0) is 23.0. The van der Waals surface area contributed by atoms with Gasteiger partial charge in [-0.05, 0) is 51.0 Å². The van der Waals surface area contributed by atoms with Gasteiger partial charge in [-0.3, -0.25) is 4.79 Å². The Morgan fingerprint density at radius 3 is 2.23 bits per heavy atom. The minimum absolute atomic E-state index is 0.137. The smallest absolute Gasteiger partial charge is 0.235 e. The van der Waals surface area contributed by atoms with Crippen molar-refractivity contribution in [2.45, 2.75) is 40.3 Å². The van der Waals surface area contributed by atoms with Crippen LogP contribution in [0.5, 0.6) is 11.5 Å². The second-order valence-electron chi connectivity index (χ2n) is 7.38. The molecule has 2 aromatic rings. The molecule has 0 bridgehead atoms. The van der Waals surface area contributed by atoms with E-state index in [9.17, 15) is 13.2 Å². The third-order valence-corrected chi connectivity index (χ3v) is 5.91. The first-order chi connectivity index (χ1) is 14.6. The lowest BCUT2D eigenvalue weighted by atomic mass is 10.1. The standard InChI is InChI=1S/C23H32N2O5S/c1-6-29-21-13-12-20(14-22(21)30-7-2)18(4)24-23(26)16-25(31(5,27)28)15-19-10-8-17(3)9-11-19/h8-14,18H,6-7,15-16H2,1-5H3,(H,24,26). The summed E-state index contributed by atoms with van der Waals surface area (Å²) >= 11 is 0. The van der Waals surface area contributed by atoms with E-state index < -0.39 is 10.0 Å². The third kappa shape index (κ3) is 7.56. The number of aryl methyl sites for hydroxylation is 1. The van der Waals surface area contributed by atoms with Crippen LogP contribution in [0.1, 0.15) is 43.5 Å². The Hall–Kier alpha value is -2.58. The summed E-state index contributed by atoms with van der Waals surface area (Å²) in [6, 6.07) is 12.7. The van der Waals surface area contributed by atoms with Crippen molar-refractivity contribution in [1.29, 1.82) is 0 Å². The van der Waals surface area contributed by atoms with Crippen LogP contribution in [0.4, 0.5) is 0 Å². The lowest BCUT2D eigenvalue weighted by Crippen LogP contribution is -2.40. The van der Waals surface area contributed by atoms with Gasteiger partial charge in [0.05, 0.1) is 32.1 Å². The van der Waals surface area contributed by atoms with Gasteiger partial charge in [0, 0.05) is 6.54 Å². The van der Waals surface area contributed by atoms with Crippen LogP contribution in [-0.4, -0.2) is 44.6 Å². The summed E-state index contributed by atoms with van der Waals surface area (Å²) in [5.41, 5.74) is 2.75. The van der Waals surface area contributed by atoms with Crippen LogP contribution < -0.4 is 14.8 Å². The topological polar surface area (TPSA) is 84.9 Å². The molecule has 1 unspecified atom stereocenters. The molecule has 1 N–H and O–H groups in total. The van der Waals surface area contributed by atoms with Crippen molar-refractivity contribution in [3.8, 4) is 11.5 Å². The SMILES string of the molecule is CCOc1ccc(C(C)NC(=O)CN(Cc2ccc(C)cc2)S(C)(=O)=O)cc1OCC. The Morgan fingerprint density at radius 1 is 1.03 bits per heavy atom. The highest BCUT2D eigenvalue weighted by Crippen LogP contribution is 2.30. The number of nitrogens with one attached hydrogen (secondary N) is 1. The third-order valence-electron chi connectivity index (χ3n) is 4.71. The molecule has 0 spiro atoms. The normalized spacial score (nSPS) is 12.5. The Bertz CT molecular complexity index is 974. The fraction of sp³-hybridized carbons (Fsp3) is 0.435. The monoisotopic (exact) mass is 448 g/mol. The molecule has 0 aliphatic carbocycles. The summed E-state index contributed by atoms with van der Waals surface area (Å²) in [7, 11) is -3.56. The van der Waals surface area contributed by atoms with E-state index in [0.717, 1.165) is 22.9 Å². The molecular formula is C23H32N2O5S. The van der Waals surface area contributed by atoms with Gasteiger partial charge in [0.1, 0.15) is 0 Å². The molecule has 0 aliphatic rings. The maximum atomic E-state index is 12.6. The molecule has 1 atom stereocenters. The number of amides is 1. The minimum Gasteiger partial charge on any atom is -0.490 e. The zero-order valence-electron chi connectivity index (χ0n) is 18.8. The Kier molecular flexibility index (Phi) is 8.88. The van der Waals surface area contributed by atoms with Crippen molar-refractivity contribution < 1.29 is 22.7 Å². The van der Waals surface area contributed by atoms with E-state index in [0.29, 0.717) is 24.7 Å². The number of hydrogen-bond acceptors (Lipinski definition) is 5. The van der Waals surface area contributed by atoms with Crippen molar-refractivity contribution in [2.24, 2.45) is 0 Å². The maximum Gasteiger partial charge on any atom is 0.235 e. The van der Waals surface area contributed by atoms with E-state index in [1.807, 2.05) is 70.2 Å².